The molecule has 0 bridgehead atoms. The van der Waals surface area contributed by atoms with E-state index in [4.69, 9.17) is 11.6 Å². The minimum Gasteiger partial charge on any atom is -0.494 e. The Labute approximate surface area is 165 Å². The molecule has 0 amide bonds. The normalized spacial score (nSPS) is 10.9. The van der Waals surface area contributed by atoms with Crippen molar-refractivity contribution < 1.29 is 9.90 Å². The third kappa shape index (κ3) is 3.14. The van der Waals surface area contributed by atoms with Crippen LogP contribution >= 0.6 is 22.9 Å². The lowest BCUT2D eigenvalue weighted by molar-refractivity contribution is 0.103. The summed E-state index contributed by atoms with van der Waals surface area (Å²) in [6, 6.07) is 9.23. The summed E-state index contributed by atoms with van der Waals surface area (Å²) in [5, 5.41) is 21.2. The van der Waals surface area contributed by atoms with Crippen LogP contribution in [0.4, 0.5) is 0 Å². The van der Waals surface area contributed by atoms with E-state index in [1.165, 1.54) is 18.3 Å². The number of carbonyl (C=O) groups is 1. The number of benzene rings is 1. The third-order valence-corrected chi connectivity index (χ3v) is 6.18. The van der Waals surface area contributed by atoms with Gasteiger partial charge in [-0.3, -0.25) is 14.2 Å². The van der Waals surface area contributed by atoms with Gasteiger partial charge in [-0.1, -0.05) is 43.1 Å². The number of pyridine rings is 1. The standard InChI is InChI=1S/C20H17ClN2O3S/c1-3-4-9-23-19(25)13(10-22)11(2)15(20(23)26)17(24)18-16(21)12-7-5-6-8-14(12)27-18/h5-8,26H,3-4,9H2,1-2H3. The number of aromatic nitrogens is 1. The average Bonchev–Trinajstić information content (AvgIpc) is 2.99. The molecule has 1 aromatic carbocycles. The van der Waals surface area contributed by atoms with Crippen LogP contribution in [0.2, 0.25) is 5.02 Å². The van der Waals surface area contributed by atoms with E-state index >= 15 is 0 Å². The lowest BCUT2D eigenvalue weighted by Crippen LogP contribution is -2.26. The van der Waals surface area contributed by atoms with Crippen molar-refractivity contribution in [2.75, 3.05) is 0 Å². The molecule has 5 nitrogen and oxygen atoms in total. The molecule has 0 saturated carbocycles. The Kier molecular flexibility index (Phi) is 5.36. The lowest BCUT2D eigenvalue weighted by Gasteiger charge is -2.15. The molecule has 0 aliphatic rings. The molecule has 138 valence electrons. The number of rotatable bonds is 5. The number of nitrogens with zero attached hydrogens (tertiary/aromatic N) is 2. The van der Waals surface area contributed by atoms with Gasteiger partial charge in [-0.2, -0.15) is 5.26 Å². The van der Waals surface area contributed by atoms with E-state index in [9.17, 15) is 20.0 Å². The molecular weight excluding hydrogens is 384 g/mol. The molecular formula is C20H17ClN2O3S. The zero-order valence-electron chi connectivity index (χ0n) is 14.9. The number of unbranched alkanes of at least 4 members (excludes halogenated alkanes) is 1. The molecule has 0 aliphatic heterocycles. The zero-order valence-corrected chi connectivity index (χ0v) is 16.4. The van der Waals surface area contributed by atoms with Crippen LogP contribution in [0, 0.1) is 18.3 Å². The van der Waals surface area contributed by atoms with Gasteiger partial charge in [0, 0.05) is 16.6 Å². The Hall–Kier alpha value is -2.62. The Morgan fingerprint density at radius 1 is 1.37 bits per heavy atom. The van der Waals surface area contributed by atoms with E-state index < -0.39 is 17.2 Å². The van der Waals surface area contributed by atoms with Gasteiger partial charge in [0.25, 0.3) is 5.56 Å². The van der Waals surface area contributed by atoms with Crippen LogP contribution in [0.15, 0.2) is 29.1 Å². The van der Waals surface area contributed by atoms with Gasteiger partial charge in [0.2, 0.25) is 11.7 Å². The Morgan fingerprint density at radius 2 is 2.07 bits per heavy atom. The maximum Gasteiger partial charge on any atom is 0.271 e. The van der Waals surface area contributed by atoms with Crippen LogP contribution in [0.3, 0.4) is 0 Å². The number of nitriles is 1. The number of ketones is 1. The van der Waals surface area contributed by atoms with Gasteiger partial charge >= 0.3 is 0 Å². The smallest absolute Gasteiger partial charge is 0.271 e. The highest BCUT2D eigenvalue weighted by Crippen LogP contribution is 2.38. The first kappa shape index (κ1) is 19.2. The fourth-order valence-corrected chi connectivity index (χ4v) is 4.48. The summed E-state index contributed by atoms with van der Waals surface area (Å²) in [4.78, 5) is 26.0. The van der Waals surface area contributed by atoms with Crippen LogP contribution in [0.25, 0.3) is 10.1 Å². The number of carbonyl (C=O) groups excluding carboxylic acids is 1. The van der Waals surface area contributed by atoms with Gasteiger partial charge in [-0.15, -0.1) is 11.3 Å². The predicted octanol–water partition coefficient (Wildman–Crippen LogP) is 4.63. The molecule has 0 atom stereocenters. The van der Waals surface area contributed by atoms with E-state index in [2.05, 4.69) is 0 Å². The molecule has 0 radical (unpaired) electrons. The molecule has 0 aliphatic carbocycles. The van der Waals surface area contributed by atoms with Crippen molar-refractivity contribution >= 4 is 38.8 Å². The van der Waals surface area contributed by atoms with Crippen molar-refractivity contribution in [3.05, 3.63) is 61.2 Å². The van der Waals surface area contributed by atoms with Crippen molar-refractivity contribution in [1.29, 1.82) is 5.26 Å². The number of hydrogen-bond donors (Lipinski definition) is 1. The quantitative estimate of drug-likeness (QED) is 0.632. The SMILES string of the molecule is CCCCn1c(O)c(C(=O)c2sc3ccccc3c2Cl)c(C)c(C#N)c1=O. The van der Waals surface area contributed by atoms with Crippen LogP contribution in [-0.4, -0.2) is 15.5 Å². The van der Waals surface area contributed by atoms with Gasteiger partial charge in [0.15, 0.2) is 0 Å². The monoisotopic (exact) mass is 400 g/mol. The average molecular weight is 401 g/mol. The molecule has 1 N–H and O–H groups in total. The number of thiophene rings is 1. The minimum atomic E-state index is -0.583. The van der Waals surface area contributed by atoms with E-state index in [1.807, 2.05) is 37.3 Å². The lowest BCUT2D eigenvalue weighted by atomic mass is 10.0. The minimum absolute atomic E-state index is 0.0456. The number of halogens is 1. The van der Waals surface area contributed by atoms with Crippen LogP contribution in [0.1, 0.15) is 46.1 Å². The molecule has 0 unspecified atom stereocenters. The summed E-state index contributed by atoms with van der Waals surface area (Å²) in [7, 11) is 0. The summed E-state index contributed by atoms with van der Waals surface area (Å²) >= 11 is 7.63. The first-order chi connectivity index (χ1) is 12.9. The molecule has 7 heteroatoms. The number of aromatic hydroxyl groups is 1. The van der Waals surface area contributed by atoms with Crippen molar-refractivity contribution in [1.82, 2.24) is 4.57 Å². The second-order valence-corrected chi connectivity index (χ2v) is 7.62. The Balaban J connectivity index is 2.26. The van der Waals surface area contributed by atoms with Gasteiger partial charge in [0.05, 0.1) is 15.5 Å². The molecule has 27 heavy (non-hydrogen) atoms. The zero-order chi connectivity index (χ0) is 19.7. The Morgan fingerprint density at radius 3 is 2.70 bits per heavy atom. The summed E-state index contributed by atoms with van der Waals surface area (Å²) in [6.45, 7) is 3.68. The molecule has 3 rings (SSSR count). The fourth-order valence-electron chi connectivity index (χ4n) is 3.02. The van der Waals surface area contributed by atoms with Gasteiger partial charge in [-0.05, 0) is 25.0 Å². The molecule has 3 aromatic rings. The molecule has 0 fully saturated rings. The van der Waals surface area contributed by atoms with Crippen LogP contribution in [0.5, 0.6) is 5.88 Å². The van der Waals surface area contributed by atoms with Gasteiger partial charge < -0.3 is 5.11 Å². The first-order valence-electron chi connectivity index (χ1n) is 8.50. The molecule has 2 heterocycles. The summed E-state index contributed by atoms with van der Waals surface area (Å²) in [6.07, 6.45) is 1.44. The highest BCUT2D eigenvalue weighted by Gasteiger charge is 2.27. The Bertz CT molecular complexity index is 1150. The van der Waals surface area contributed by atoms with E-state index in [0.717, 1.165) is 21.1 Å². The van der Waals surface area contributed by atoms with Crippen molar-refractivity contribution in [3.63, 3.8) is 0 Å². The van der Waals surface area contributed by atoms with Gasteiger partial charge in [0.1, 0.15) is 11.6 Å². The van der Waals surface area contributed by atoms with E-state index in [0.29, 0.717) is 11.4 Å². The summed E-state index contributed by atoms with van der Waals surface area (Å²) < 4.78 is 1.95. The molecule has 0 saturated heterocycles. The number of hydrogen-bond acceptors (Lipinski definition) is 5. The highest BCUT2D eigenvalue weighted by molar-refractivity contribution is 7.21. The predicted molar refractivity (Wildman–Crippen MR) is 107 cm³/mol. The topological polar surface area (TPSA) is 83.1 Å². The summed E-state index contributed by atoms with van der Waals surface area (Å²) in [5.41, 5.74) is -0.591. The maximum atomic E-state index is 13.2. The number of fused-ring (bicyclic) bond motifs is 1. The molecule has 0 spiro atoms. The molecule has 2 aromatic heterocycles. The highest BCUT2D eigenvalue weighted by atomic mass is 35.5. The van der Waals surface area contributed by atoms with Crippen molar-refractivity contribution in [2.45, 2.75) is 33.2 Å². The summed E-state index contributed by atoms with van der Waals surface area (Å²) in [5.74, 6) is -0.901. The van der Waals surface area contributed by atoms with Crippen molar-refractivity contribution in [2.24, 2.45) is 0 Å². The van der Waals surface area contributed by atoms with E-state index in [-0.39, 0.29) is 28.1 Å². The second kappa shape index (κ2) is 7.55. The first-order valence-corrected chi connectivity index (χ1v) is 9.70. The third-order valence-electron chi connectivity index (χ3n) is 4.50. The largest absolute Gasteiger partial charge is 0.494 e. The van der Waals surface area contributed by atoms with Crippen LogP contribution in [-0.2, 0) is 6.54 Å². The second-order valence-electron chi connectivity index (χ2n) is 6.19. The maximum absolute atomic E-state index is 13.2. The van der Waals surface area contributed by atoms with Crippen LogP contribution < -0.4 is 5.56 Å². The van der Waals surface area contributed by atoms with E-state index in [1.54, 1.807) is 0 Å². The van der Waals surface area contributed by atoms with Crippen molar-refractivity contribution in [3.8, 4) is 11.9 Å². The van der Waals surface area contributed by atoms with Gasteiger partial charge in [-0.25, -0.2) is 0 Å². The fraction of sp³-hybridized carbons (Fsp3) is 0.250.